The van der Waals surface area contributed by atoms with Crippen molar-refractivity contribution in [3.05, 3.63) is 24.3 Å². The normalized spacial score (nSPS) is 10.6. The van der Waals surface area contributed by atoms with Crippen LogP contribution in [0.3, 0.4) is 0 Å². The highest BCUT2D eigenvalue weighted by molar-refractivity contribution is 6.58. The van der Waals surface area contributed by atoms with E-state index < -0.39 is 7.12 Å². The minimum Gasteiger partial charge on any atom is -0.491 e. The molecule has 1 aromatic rings. The number of unbranched alkanes of at least 4 members (excludes halogenated alkanes) is 5. The standard InChI is InChI=1S/C16H27BO4/c1-2-3-4-5-6-7-12-20-13-14-21-16-10-8-15(9-11-16)17(18)19/h8-11,18-19H,2-7,12-14H2,1H3. The molecule has 2 N–H and O–H groups in total. The highest BCUT2D eigenvalue weighted by Crippen LogP contribution is 2.08. The second kappa shape index (κ2) is 11.6. The lowest BCUT2D eigenvalue weighted by Gasteiger charge is -2.08. The van der Waals surface area contributed by atoms with Gasteiger partial charge < -0.3 is 19.5 Å². The van der Waals surface area contributed by atoms with E-state index in [9.17, 15) is 0 Å². The van der Waals surface area contributed by atoms with Crippen molar-refractivity contribution in [3.63, 3.8) is 0 Å². The molecule has 1 rings (SSSR count). The fourth-order valence-electron chi connectivity index (χ4n) is 2.04. The number of hydrogen-bond acceptors (Lipinski definition) is 4. The van der Waals surface area contributed by atoms with Crippen LogP contribution in [0.1, 0.15) is 45.4 Å². The van der Waals surface area contributed by atoms with Gasteiger partial charge in [-0.15, -0.1) is 0 Å². The molecular weight excluding hydrogens is 267 g/mol. The van der Waals surface area contributed by atoms with Crippen molar-refractivity contribution in [2.24, 2.45) is 0 Å². The Hall–Kier alpha value is -1.04. The lowest BCUT2D eigenvalue weighted by atomic mass is 9.80. The highest BCUT2D eigenvalue weighted by Gasteiger charge is 2.09. The Bertz CT molecular complexity index is 354. The Morgan fingerprint density at radius 2 is 1.52 bits per heavy atom. The monoisotopic (exact) mass is 294 g/mol. The molecule has 0 amide bonds. The van der Waals surface area contributed by atoms with Gasteiger partial charge in [-0.05, 0) is 24.0 Å². The zero-order chi connectivity index (χ0) is 15.3. The van der Waals surface area contributed by atoms with Crippen LogP contribution in [-0.2, 0) is 4.74 Å². The molecule has 0 fully saturated rings. The molecule has 0 aliphatic heterocycles. The van der Waals surface area contributed by atoms with Crippen LogP contribution in [0, 0.1) is 0 Å². The Morgan fingerprint density at radius 1 is 0.857 bits per heavy atom. The number of hydrogen-bond donors (Lipinski definition) is 2. The molecule has 0 unspecified atom stereocenters. The first-order valence-electron chi connectivity index (χ1n) is 7.90. The van der Waals surface area contributed by atoms with Crippen LogP contribution in [-0.4, -0.2) is 37.0 Å². The minimum absolute atomic E-state index is 0.460. The molecule has 0 atom stereocenters. The van der Waals surface area contributed by atoms with E-state index in [4.69, 9.17) is 19.5 Å². The van der Waals surface area contributed by atoms with Crippen molar-refractivity contribution in [3.8, 4) is 5.75 Å². The van der Waals surface area contributed by atoms with Crippen molar-refractivity contribution in [2.45, 2.75) is 45.4 Å². The molecule has 1 aromatic carbocycles. The van der Waals surface area contributed by atoms with E-state index >= 15 is 0 Å². The first-order chi connectivity index (χ1) is 10.2. The van der Waals surface area contributed by atoms with Crippen LogP contribution >= 0.6 is 0 Å². The third-order valence-electron chi connectivity index (χ3n) is 3.32. The van der Waals surface area contributed by atoms with Gasteiger partial charge in [0.05, 0.1) is 6.61 Å². The maximum Gasteiger partial charge on any atom is 0.488 e. The molecule has 21 heavy (non-hydrogen) atoms. The Labute approximate surface area is 128 Å². The molecular formula is C16H27BO4. The molecule has 0 spiro atoms. The summed E-state index contributed by atoms with van der Waals surface area (Å²) in [4.78, 5) is 0. The number of rotatable bonds is 12. The van der Waals surface area contributed by atoms with Gasteiger partial charge in [-0.2, -0.15) is 0 Å². The van der Waals surface area contributed by atoms with Gasteiger partial charge in [-0.25, -0.2) is 0 Å². The first-order valence-corrected chi connectivity index (χ1v) is 7.90. The molecule has 5 heteroatoms. The zero-order valence-corrected chi connectivity index (χ0v) is 13.0. The quantitative estimate of drug-likeness (QED) is 0.458. The summed E-state index contributed by atoms with van der Waals surface area (Å²) in [6, 6.07) is 6.72. The van der Waals surface area contributed by atoms with Gasteiger partial charge in [0.25, 0.3) is 0 Å². The van der Waals surface area contributed by atoms with Gasteiger partial charge in [0.1, 0.15) is 12.4 Å². The third kappa shape index (κ3) is 8.76. The fourth-order valence-corrected chi connectivity index (χ4v) is 2.04. The third-order valence-corrected chi connectivity index (χ3v) is 3.32. The van der Waals surface area contributed by atoms with E-state index in [1.165, 1.54) is 32.1 Å². The highest BCUT2D eigenvalue weighted by atomic mass is 16.5. The summed E-state index contributed by atoms with van der Waals surface area (Å²) >= 11 is 0. The Morgan fingerprint density at radius 3 is 2.19 bits per heavy atom. The smallest absolute Gasteiger partial charge is 0.488 e. The molecule has 0 heterocycles. The fraction of sp³-hybridized carbons (Fsp3) is 0.625. The minimum atomic E-state index is -1.43. The van der Waals surface area contributed by atoms with E-state index in [1.54, 1.807) is 24.3 Å². The average Bonchev–Trinajstić information content (AvgIpc) is 2.49. The van der Waals surface area contributed by atoms with Gasteiger partial charge in [0, 0.05) is 6.61 Å². The van der Waals surface area contributed by atoms with Gasteiger partial charge >= 0.3 is 7.12 Å². The zero-order valence-electron chi connectivity index (χ0n) is 13.0. The van der Waals surface area contributed by atoms with Gasteiger partial charge in [-0.3, -0.25) is 0 Å². The van der Waals surface area contributed by atoms with Crippen molar-refractivity contribution in [1.82, 2.24) is 0 Å². The van der Waals surface area contributed by atoms with E-state index in [0.717, 1.165) is 13.0 Å². The van der Waals surface area contributed by atoms with Gasteiger partial charge in [-0.1, -0.05) is 51.2 Å². The van der Waals surface area contributed by atoms with E-state index in [1.807, 2.05) is 0 Å². The molecule has 0 aromatic heterocycles. The molecule has 0 saturated carbocycles. The average molecular weight is 294 g/mol. The molecule has 118 valence electrons. The lowest BCUT2D eigenvalue weighted by molar-refractivity contribution is 0.0971. The van der Waals surface area contributed by atoms with Crippen LogP contribution in [0.4, 0.5) is 0 Å². The van der Waals surface area contributed by atoms with Crippen molar-refractivity contribution < 1.29 is 19.5 Å². The maximum absolute atomic E-state index is 8.97. The maximum atomic E-state index is 8.97. The predicted molar refractivity (Wildman–Crippen MR) is 86.0 cm³/mol. The molecule has 0 aliphatic carbocycles. The summed E-state index contributed by atoms with van der Waals surface area (Å²) in [7, 11) is -1.43. The summed E-state index contributed by atoms with van der Waals surface area (Å²) < 4.78 is 11.0. The van der Waals surface area contributed by atoms with Crippen LogP contribution in [0.5, 0.6) is 5.75 Å². The second-order valence-electron chi connectivity index (χ2n) is 5.17. The van der Waals surface area contributed by atoms with Crippen LogP contribution in [0.2, 0.25) is 0 Å². The van der Waals surface area contributed by atoms with Crippen molar-refractivity contribution in [1.29, 1.82) is 0 Å². The summed E-state index contributed by atoms with van der Waals surface area (Å²) in [6.07, 6.45) is 7.61. The van der Waals surface area contributed by atoms with E-state index in [0.29, 0.717) is 24.4 Å². The predicted octanol–water partition coefficient (Wildman–Crippen LogP) is 2.12. The summed E-state index contributed by atoms with van der Waals surface area (Å²) in [6.45, 7) is 4.12. The summed E-state index contributed by atoms with van der Waals surface area (Å²) in [5, 5.41) is 17.9. The molecule has 4 nitrogen and oxygen atoms in total. The Kier molecular flexibility index (Phi) is 9.96. The second-order valence-corrected chi connectivity index (χ2v) is 5.17. The van der Waals surface area contributed by atoms with Crippen molar-refractivity contribution in [2.75, 3.05) is 19.8 Å². The number of benzene rings is 1. The van der Waals surface area contributed by atoms with Gasteiger partial charge in [0.15, 0.2) is 0 Å². The van der Waals surface area contributed by atoms with Crippen LogP contribution < -0.4 is 10.2 Å². The molecule has 0 aliphatic rings. The summed E-state index contributed by atoms with van der Waals surface area (Å²) in [5.41, 5.74) is 0.460. The first kappa shape index (κ1) is 18.0. The largest absolute Gasteiger partial charge is 0.491 e. The van der Waals surface area contributed by atoms with E-state index in [-0.39, 0.29) is 0 Å². The van der Waals surface area contributed by atoms with Crippen molar-refractivity contribution >= 4 is 12.6 Å². The molecule has 0 bridgehead atoms. The lowest BCUT2D eigenvalue weighted by Crippen LogP contribution is -2.29. The topological polar surface area (TPSA) is 58.9 Å². The Balaban J connectivity index is 1.96. The van der Waals surface area contributed by atoms with Crippen LogP contribution in [0.25, 0.3) is 0 Å². The van der Waals surface area contributed by atoms with Crippen LogP contribution in [0.15, 0.2) is 24.3 Å². The summed E-state index contributed by atoms with van der Waals surface area (Å²) in [5.74, 6) is 0.711. The van der Waals surface area contributed by atoms with E-state index in [2.05, 4.69) is 6.92 Å². The number of ether oxygens (including phenoxy) is 2. The van der Waals surface area contributed by atoms with Gasteiger partial charge in [0.2, 0.25) is 0 Å². The SMILES string of the molecule is CCCCCCCCOCCOc1ccc(B(O)O)cc1. The molecule has 0 radical (unpaired) electrons. The molecule has 0 saturated heterocycles.